The van der Waals surface area contributed by atoms with Crippen molar-refractivity contribution >= 4 is 11.4 Å². The molecule has 130 valence electrons. The van der Waals surface area contributed by atoms with E-state index in [0.29, 0.717) is 5.56 Å². The average molecular weight is 336 g/mol. The Labute approximate surface area is 139 Å². The van der Waals surface area contributed by atoms with Gasteiger partial charge < -0.3 is 10.2 Å². The zero-order valence-corrected chi connectivity index (χ0v) is 14.4. The Balaban J connectivity index is 0.00000100. The van der Waals surface area contributed by atoms with E-state index in [9.17, 15) is 18.4 Å². The molecule has 0 bridgehead atoms. The van der Waals surface area contributed by atoms with Crippen molar-refractivity contribution in [1.82, 2.24) is 0 Å². The summed E-state index contributed by atoms with van der Waals surface area (Å²) in [5.74, 6) is -3.05. The number of rotatable bonds is 3. The molecule has 0 saturated heterocycles. The van der Waals surface area contributed by atoms with E-state index in [4.69, 9.17) is 0 Å². The number of nitrogens with one attached hydrogen (secondary N) is 1. The van der Waals surface area contributed by atoms with Gasteiger partial charge in [0.25, 0.3) is 16.8 Å². The second kappa shape index (κ2) is 6.71. The Morgan fingerprint density at radius 2 is 1.88 bits per heavy atom. The van der Waals surface area contributed by atoms with Crippen LogP contribution in [0.2, 0.25) is 0 Å². The van der Waals surface area contributed by atoms with Crippen LogP contribution in [-0.2, 0) is 18.9 Å². The van der Waals surface area contributed by atoms with Gasteiger partial charge in [-0.3, -0.25) is 9.59 Å². The van der Waals surface area contributed by atoms with Gasteiger partial charge >= 0.3 is 0 Å². The molecule has 1 heterocycles. The van der Waals surface area contributed by atoms with E-state index in [0.717, 1.165) is 12.0 Å². The Bertz CT molecular complexity index is 808. The molecule has 1 aliphatic rings. The van der Waals surface area contributed by atoms with Crippen molar-refractivity contribution in [1.29, 1.82) is 0 Å². The zero-order chi connectivity index (χ0) is 18.1. The smallest absolute Gasteiger partial charge is 0.290 e. The van der Waals surface area contributed by atoms with Crippen molar-refractivity contribution in [2.75, 3.05) is 23.8 Å². The lowest BCUT2D eigenvalue weighted by Crippen LogP contribution is -2.48. The minimum absolute atomic E-state index is 0.00524. The molecule has 0 aliphatic carbocycles. The topological polar surface area (TPSA) is 49.4 Å². The monoisotopic (exact) mass is 336 g/mol. The van der Waals surface area contributed by atoms with Gasteiger partial charge in [-0.1, -0.05) is 39.0 Å². The van der Waals surface area contributed by atoms with Crippen molar-refractivity contribution in [3.63, 3.8) is 0 Å². The predicted octanol–water partition coefficient (Wildman–Crippen LogP) is 3.02. The molecule has 3 rings (SSSR count). The highest BCUT2D eigenvalue weighted by molar-refractivity contribution is 5.75. The number of halogens is 2. The van der Waals surface area contributed by atoms with Gasteiger partial charge in [0.1, 0.15) is 11.4 Å². The Hall–Kier alpha value is -2.24. The minimum Gasteiger partial charge on any atom is -0.383 e. The molecule has 0 unspecified atom stereocenters. The van der Waals surface area contributed by atoms with Crippen LogP contribution in [0.3, 0.4) is 0 Å². The second-order valence-corrected chi connectivity index (χ2v) is 5.54. The lowest BCUT2D eigenvalue weighted by atomic mass is 9.93. The van der Waals surface area contributed by atoms with Gasteiger partial charge in [0.2, 0.25) is 0 Å². The number of alkyl halides is 2. The van der Waals surface area contributed by atoms with E-state index in [1.807, 2.05) is 20.8 Å². The van der Waals surface area contributed by atoms with Crippen LogP contribution in [0.5, 0.6) is 0 Å². The maximum absolute atomic E-state index is 14.4. The predicted molar refractivity (Wildman–Crippen MR) is 93.0 cm³/mol. The van der Waals surface area contributed by atoms with Gasteiger partial charge in [0.15, 0.2) is 0 Å². The minimum atomic E-state index is -3.05. The summed E-state index contributed by atoms with van der Waals surface area (Å²) in [6.45, 7) is 5.57. The summed E-state index contributed by atoms with van der Waals surface area (Å²) >= 11 is 0. The van der Waals surface area contributed by atoms with Crippen molar-refractivity contribution in [2.24, 2.45) is 0 Å². The van der Waals surface area contributed by atoms with Crippen LogP contribution in [-0.4, -0.2) is 13.6 Å². The van der Waals surface area contributed by atoms with E-state index in [1.165, 1.54) is 18.0 Å². The first-order chi connectivity index (χ1) is 11.4. The van der Waals surface area contributed by atoms with Gasteiger partial charge in [0, 0.05) is 19.2 Å². The molecule has 0 atom stereocenters. The maximum atomic E-state index is 14.4. The maximum Gasteiger partial charge on any atom is 0.290 e. The standard InChI is InChI=1S/C16H16F2N2O2.C2H6/c1-3-9-4-5-11-10(6-9)7-20(8-16(11,17)18)13-12(19-2)14(21)15(13)22;1-2/h4-6,19H,3,7-8H2,1-2H3;1-2H3. The Morgan fingerprint density at radius 1 is 1.21 bits per heavy atom. The normalized spacial score (nSPS) is 15.5. The quantitative estimate of drug-likeness (QED) is 0.876. The lowest BCUT2D eigenvalue weighted by Gasteiger charge is -2.37. The zero-order valence-electron chi connectivity index (χ0n) is 14.4. The first kappa shape index (κ1) is 18.1. The Kier molecular flexibility index (Phi) is 5.06. The van der Waals surface area contributed by atoms with Gasteiger partial charge in [-0.2, -0.15) is 8.78 Å². The van der Waals surface area contributed by atoms with Crippen LogP contribution in [0.25, 0.3) is 0 Å². The molecule has 24 heavy (non-hydrogen) atoms. The van der Waals surface area contributed by atoms with Crippen LogP contribution in [0.15, 0.2) is 27.8 Å². The molecule has 0 fully saturated rings. The van der Waals surface area contributed by atoms with Crippen molar-refractivity contribution in [3.8, 4) is 0 Å². The fourth-order valence-electron chi connectivity index (χ4n) is 3.01. The van der Waals surface area contributed by atoms with Crippen molar-refractivity contribution < 1.29 is 8.78 Å². The first-order valence-electron chi connectivity index (χ1n) is 8.15. The Morgan fingerprint density at radius 3 is 2.46 bits per heavy atom. The molecule has 6 heteroatoms. The third kappa shape index (κ3) is 2.81. The molecule has 0 spiro atoms. The largest absolute Gasteiger partial charge is 0.383 e. The van der Waals surface area contributed by atoms with E-state index < -0.39 is 23.3 Å². The number of nitrogens with zero attached hydrogens (tertiary/aromatic N) is 1. The highest BCUT2D eigenvalue weighted by Crippen LogP contribution is 2.39. The average Bonchev–Trinajstić information content (AvgIpc) is 2.58. The van der Waals surface area contributed by atoms with E-state index in [2.05, 4.69) is 5.32 Å². The van der Waals surface area contributed by atoms with Gasteiger partial charge in [-0.15, -0.1) is 0 Å². The molecule has 0 radical (unpaired) electrons. The number of aryl methyl sites for hydroxylation is 1. The molecule has 1 N–H and O–H groups in total. The van der Waals surface area contributed by atoms with Gasteiger partial charge in [-0.05, 0) is 17.5 Å². The number of anilines is 2. The highest BCUT2D eigenvalue weighted by Gasteiger charge is 2.42. The molecule has 0 aromatic heterocycles. The van der Waals surface area contributed by atoms with E-state index in [-0.39, 0.29) is 23.5 Å². The molecular weight excluding hydrogens is 314 g/mol. The van der Waals surface area contributed by atoms with E-state index >= 15 is 0 Å². The van der Waals surface area contributed by atoms with Crippen LogP contribution in [0.1, 0.15) is 37.5 Å². The third-order valence-electron chi connectivity index (χ3n) is 4.17. The molecule has 2 aromatic carbocycles. The lowest BCUT2D eigenvalue weighted by molar-refractivity contribution is -0.00251. The summed E-state index contributed by atoms with van der Waals surface area (Å²) in [5, 5.41) is 2.63. The van der Waals surface area contributed by atoms with Crippen LogP contribution >= 0.6 is 0 Å². The number of fused-ring (bicyclic) bond motifs is 1. The number of benzene rings is 1. The first-order valence-corrected chi connectivity index (χ1v) is 8.15. The summed E-state index contributed by atoms with van der Waals surface area (Å²) in [6, 6.07) is 4.92. The highest BCUT2D eigenvalue weighted by atomic mass is 19.3. The summed E-state index contributed by atoms with van der Waals surface area (Å²) in [7, 11) is 1.50. The number of hydrogen-bond donors (Lipinski definition) is 1. The second-order valence-electron chi connectivity index (χ2n) is 5.54. The fourth-order valence-corrected chi connectivity index (χ4v) is 3.01. The fraction of sp³-hybridized carbons (Fsp3) is 0.444. The van der Waals surface area contributed by atoms with Crippen LogP contribution in [0.4, 0.5) is 20.2 Å². The van der Waals surface area contributed by atoms with Crippen molar-refractivity contribution in [3.05, 3.63) is 55.3 Å². The molecule has 2 aromatic rings. The van der Waals surface area contributed by atoms with Gasteiger partial charge in [0.05, 0.1) is 6.54 Å². The van der Waals surface area contributed by atoms with Gasteiger partial charge in [-0.25, -0.2) is 0 Å². The van der Waals surface area contributed by atoms with Crippen LogP contribution in [0, 0.1) is 0 Å². The molecular formula is C18H22F2N2O2. The summed E-state index contributed by atoms with van der Waals surface area (Å²) in [5.41, 5.74) is 0.325. The molecule has 0 saturated carbocycles. The summed E-state index contributed by atoms with van der Waals surface area (Å²) in [6.07, 6.45) is 0.751. The third-order valence-corrected chi connectivity index (χ3v) is 4.17. The summed E-state index contributed by atoms with van der Waals surface area (Å²) < 4.78 is 28.8. The van der Waals surface area contributed by atoms with Crippen LogP contribution < -0.4 is 21.1 Å². The number of hydrogen-bond acceptors (Lipinski definition) is 4. The summed E-state index contributed by atoms with van der Waals surface area (Å²) in [4.78, 5) is 24.5. The van der Waals surface area contributed by atoms with Crippen molar-refractivity contribution in [2.45, 2.75) is 39.7 Å². The molecule has 1 aliphatic heterocycles. The SMILES string of the molecule is CC.CCc1ccc2c(c1)CN(c1c(NC)c(=O)c1=O)CC2(F)F. The molecule has 0 amide bonds. The molecule has 4 nitrogen and oxygen atoms in total. The van der Waals surface area contributed by atoms with E-state index in [1.54, 1.807) is 12.1 Å².